The second kappa shape index (κ2) is 5.97. The minimum absolute atomic E-state index is 0.101. The first-order valence-electron chi connectivity index (χ1n) is 6.94. The van der Waals surface area contributed by atoms with Crippen molar-refractivity contribution in [1.82, 2.24) is 4.98 Å². The molecule has 20 heavy (non-hydrogen) atoms. The van der Waals surface area contributed by atoms with E-state index in [2.05, 4.69) is 17.1 Å². The average molecular weight is 267 g/mol. The molecule has 1 aromatic carbocycles. The fraction of sp³-hybridized carbons (Fsp3) is 0.294. The van der Waals surface area contributed by atoms with E-state index in [1.807, 2.05) is 30.3 Å². The Labute approximate surface area is 118 Å². The van der Waals surface area contributed by atoms with Crippen molar-refractivity contribution < 1.29 is 9.53 Å². The molecule has 0 fully saturated rings. The van der Waals surface area contributed by atoms with Gasteiger partial charge in [0.25, 0.3) is 0 Å². The Morgan fingerprint density at radius 1 is 1.20 bits per heavy atom. The van der Waals surface area contributed by atoms with Crippen molar-refractivity contribution in [3.05, 3.63) is 65.5 Å². The molecule has 1 unspecified atom stereocenters. The monoisotopic (exact) mass is 267 g/mol. The van der Waals surface area contributed by atoms with Crippen LogP contribution in [0.1, 0.15) is 29.3 Å². The van der Waals surface area contributed by atoms with Crippen molar-refractivity contribution in [3.8, 4) is 0 Å². The summed E-state index contributed by atoms with van der Waals surface area (Å²) in [5.41, 5.74) is 3.28. The van der Waals surface area contributed by atoms with Crippen molar-refractivity contribution in [3.63, 3.8) is 0 Å². The molecule has 0 saturated heterocycles. The van der Waals surface area contributed by atoms with E-state index < -0.39 is 0 Å². The Kier molecular flexibility index (Phi) is 3.88. The Hall–Kier alpha value is -2.00. The molecule has 3 heteroatoms. The first-order valence-corrected chi connectivity index (χ1v) is 6.94. The normalized spacial score (nSPS) is 17.5. The van der Waals surface area contributed by atoms with Crippen molar-refractivity contribution in [2.75, 3.05) is 6.61 Å². The van der Waals surface area contributed by atoms with Crippen molar-refractivity contribution in [2.24, 2.45) is 0 Å². The molecule has 2 aromatic rings. The maximum atomic E-state index is 12.2. The van der Waals surface area contributed by atoms with Gasteiger partial charge in [-0.1, -0.05) is 30.3 Å². The van der Waals surface area contributed by atoms with Gasteiger partial charge in [0.05, 0.1) is 12.7 Å². The lowest BCUT2D eigenvalue weighted by Crippen LogP contribution is -2.20. The molecule has 2 heterocycles. The van der Waals surface area contributed by atoms with E-state index in [4.69, 9.17) is 4.74 Å². The Morgan fingerprint density at radius 3 is 2.90 bits per heavy atom. The van der Waals surface area contributed by atoms with Crippen LogP contribution in [0.2, 0.25) is 0 Å². The summed E-state index contributed by atoms with van der Waals surface area (Å²) >= 11 is 0. The molecular formula is C17H17NO2. The van der Waals surface area contributed by atoms with Crippen molar-refractivity contribution >= 4 is 5.78 Å². The van der Waals surface area contributed by atoms with E-state index in [0.717, 1.165) is 17.7 Å². The van der Waals surface area contributed by atoms with E-state index in [1.54, 1.807) is 6.20 Å². The van der Waals surface area contributed by atoms with Crippen LogP contribution in [0.3, 0.4) is 0 Å². The van der Waals surface area contributed by atoms with Crippen molar-refractivity contribution in [2.45, 2.75) is 25.4 Å². The lowest BCUT2D eigenvalue weighted by molar-refractivity contribution is -0.121. The van der Waals surface area contributed by atoms with E-state index in [9.17, 15) is 4.79 Å². The fourth-order valence-electron chi connectivity index (χ4n) is 2.63. The third kappa shape index (κ3) is 2.94. The van der Waals surface area contributed by atoms with Gasteiger partial charge >= 0.3 is 0 Å². The summed E-state index contributed by atoms with van der Waals surface area (Å²) in [5.74, 6) is 0.172. The molecule has 0 radical (unpaired) electrons. The molecule has 0 aliphatic carbocycles. The number of carbonyl (C=O) groups excluding carboxylic acids is 1. The highest BCUT2D eigenvalue weighted by Crippen LogP contribution is 2.29. The summed E-state index contributed by atoms with van der Waals surface area (Å²) in [5, 5.41) is 0. The quantitative estimate of drug-likeness (QED) is 0.855. The third-order valence-corrected chi connectivity index (χ3v) is 3.61. The standard InChI is InChI=1S/C17H17NO2/c19-15(11-14-6-3-4-9-18-14)12-17-16-7-2-1-5-13(16)8-10-20-17/h1-7,9,17H,8,10-12H2. The second-order valence-electron chi connectivity index (χ2n) is 5.05. The number of nitrogens with zero attached hydrogens (tertiary/aromatic N) is 1. The van der Waals surface area contributed by atoms with Gasteiger partial charge in [0.2, 0.25) is 0 Å². The van der Waals surface area contributed by atoms with Gasteiger partial charge in [-0.3, -0.25) is 9.78 Å². The number of ether oxygens (including phenoxy) is 1. The van der Waals surface area contributed by atoms with Crippen LogP contribution >= 0.6 is 0 Å². The topological polar surface area (TPSA) is 39.2 Å². The number of fused-ring (bicyclic) bond motifs is 1. The Morgan fingerprint density at radius 2 is 2.05 bits per heavy atom. The molecule has 0 spiro atoms. The summed E-state index contributed by atoms with van der Waals surface area (Å²) in [4.78, 5) is 16.4. The highest BCUT2D eigenvalue weighted by Gasteiger charge is 2.23. The van der Waals surface area contributed by atoms with Crippen LogP contribution in [0, 0.1) is 0 Å². The van der Waals surface area contributed by atoms with E-state index >= 15 is 0 Å². The van der Waals surface area contributed by atoms with Gasteiger partial charge in [-0.05, 0) is 29.7 Å². The van der Waals surface area contributed by atoms with Crippen LogP contribution in [0.5, 0.6) is 0 Å². The number of rotatable bonds is 4. The van der Waals surface area contributed by atoms with Crippen LogP contribution < -0.4 is 0 Å². The molecule has 1 atom stereocenters. The van der Waals surface area contributed by atoms with Gasteiger partial charge in [0, 0.05) is 24.7 Å². The summed E-state index contributed by atoms with van der Waals surface area (Å²) in [6, 6.07) is 13.9. The second-order valence-corrected chi connectivity index (χ2v) is 5.05. The van der Waals surface area contributed by atoms with Crippen molar-refractivity contribution in [1.29, 1.82) is 0 Å². The van der Waals surface area contributed by atoms with E-state index in [1.165, 1.54) is 5.56 Å². The first-order chi connectivity index (χ1) is 9.83. The van der Waals surface area contributed by atoms with Crippen LogP contribution in [0.25, 0.3) is 0 Å². The predicted molar refractivity (Wildman–Crippen MR) is 76.4 cm³/mol. The Bertz CT molecular complexity index is 595. The zero-order chi connectivity index (χ0) is 13.8. The molecule has 0 N–H and O–H groups in total. The maximum absolute atomic E-state index is 12.2. The van der Waals surface area contributed by atoms with Gasteiger partial charge in [-0.2, -0.15) is 0 Å². The molecule has 0 bridgehead atoms. The van der Waals surface area contributed by atoms with Crippen LogP contribution in [0.15, 0.2) is 48.7 Å². The van der Waals surface area contributed by atoms with Crippen LogP contribution in [-0.4, -0.2) is 17.4 Å². The molecule has 1 aliphatic rings. The summed E-state index contributed by atoms with van der Waals surface area (Å²) in [7, 11) is 0. The number of Topliss-reactive ketones (excluding diaryl/α,β-unsaturated/α-hetero) is 1. The zero-order valence-corrected chi connectivity index (χ0v) is 11.3. The lowest BCUT2D eigenvalue weighted by atomic mass is 9.94. The number of hydrogen-bond donors (Lipinski definition) is 0. The van der Waals surface area contributed by atoms with Gasteiger partial charge in [0.1, 0.15) is 5.78 Å². The fourth-order valence-corrected chi connectivity index (χ4v) is 2.63. The molecule has 1 aromatic heterocycles. The number of aromatic nitrogens is 1. The van der Waals surface area contributed by atoms with Gasteiger partial charge < -0.3 is 4.74 Å². The van der Waals surface area contributed by atoms with Crippen LogP contribution in [0.4, 0.5) is 0 Å². The van der Waals surface area contributed by atoms with E-state index in [-0.39, 0.29) is 11.9 Å². The average Bonchev–Trinajstić information content (AvgIpc) is 2.48. The van der Waals surface area contributed by atoms with Gasteiger partial charge in [-0.15, -0.1) is 0 Å². The molecule has 3 rings (SSSR count). The summed E-state index contributed by atoms with van der Waals surface area (Å²) in [6.07, 6.45) is 3.35. The number of hydrogen-bond acceptors (Lipinski definition) is 3. The number of ketones is 1. The van der Waals surface area contributed by atoms with Crippen LogP contribution in [-0.2, 0) is 22.4 Å². The Balaban J connectivity index is 1.68. The minimum Gasteiger partial charge on any atom is -0.373 e. The summed E-state index contributed by atoms with van der Waals surface area (Å²) < 4.78 is 5.77. The van der Waals surface area contributed by atoms with Gasteiger partial charge in [0.15, 0.2) is 0 Å². The highest BCUT2D eigenvalue weighted by molar-refractivity contribution is 5.81. The largest absolute Gasteiger partial charge is 0.373 e. The molecule has 1 aliphatic heterocycles. The number of benzene rings is 1. The van der Waals surface area contributed by atoms with Gasteiger partial charge in [-0.25, -0.2) is 0 Å². The molecule has 102 valence electrons. The highest BCUT2D eigenvalue weighted by atomic mass is 16.5. The lowest BCUT2D eigenvalue weighted by Gasteiger charge is -2.25. The molecular weight excluding hydrogens is 250 g/mol. The maximum Gasteiger partial charge on any atom is 0.141 e. The molecule has 0 amide bonds. The molecule has 3 nitrogen and oxygen atoms in total. The third-order valence-electron chi connectivity index (χ3n) is 3.61. The number of pyridine rings is 1. The first kappa shape index (κ1) is 13.0. The smallest absolute Gasteiger partial charge is 0.141 e. The predicted octanol–water partition coefficient (Wildman–Crippen LogP) is 2.90. The van der Waals surface area contributed by atoms with E-state index in [0.29, 0.717) is 19.4 Å². The SMILES string of the molecule is O=C(Cc1ccccn1)CC1OCCc2ccccc21. The number of carbonyl (C=O) groups is 1. The zero-order valence-electron chi connectivity index (χ0n) is 11.3. The molecule has 0 saturated carbocycles. The minimum atomic E-state index is -0.101. The summed E-state index contributed by atoms with van der Waals surface area (Å²) in [6.45, 7) is 0.693.